The molecule has 0 radical (unpaired) electrons. The average Bonchev–Trinajstić information content (AvgIpc) is 3.21. The molecule has 1 atom stereocenters. The quantitative estimate of drug-likeness (QED) is 0.520. The lowest BCUT2D eigenvalue weighted by Crippen LogP contribution is -2.44. The summed E-state index contributed by atoms with van der Waals surface area (Å²) in [7, 11) is 5.70. The third kappa shape index (κ3) is 5.88. The van der Waals surface area contributed by atoms with Crippen molar-refractivity contribution in [3.63, 3.8) is 0 Å². The predicted octanol–water partition coefficient (Wildman–Crippen LogP) is 1.95. The van der Waals surface area contributed by atoms with Crippen LogP contribution in [0.25, 0.3) is 0 Å². The van der Waals surface area contributed by atoms with Gasteiger partial charge in [-0.2, -0.15) is 0 Å². The van der Waals surface area contributed by atoms with Gasteiger partial charge in [0.15, 0.2) is 5.96 Å². The highest BCUT2D eigenvalue weighted by atomic mass is 16.5. The lowest BCUT2D eigenvalue weighted by molar-refractivity contribution is 0.239. The van der Waals surface area contributed by atoms with Crippen molar-refractivity contribution in [2.24, 2.45) is 4.99 Å². The number of nitrogens with zero attached hydrogens (tertiary/aromatic N) is 3. The molecule has 1 aliphatic rings. The van der Waals surface area contributed by atoms with Crippen LogP contribution in [0.2, 0.25) is 0 Å². The lowest BCUT2D eigenvalue weighted by atomic mass is 10.0. The summed E-state index contributed by atoms with van der Waals surface area (Å²) in [6.07, 6.45) is 2.53. The number of para-hydroxylation sites is 1. The maximum absolute atomic E-state index is 5.62. The van der Waals surface area contributed by atoms with Crippen LogP contribution in [0.1, 0.15) is 31.4 Å². The third-order valence-electron chi connectivity index (χ3n) is 5.09. The predicted molar refractivity (Wildman–Crippen MR) is 109 cm³/mol. The Morgan fingerprint density at radius 1 is 1.27 bits per heavy atom. The number of hydrogen-bond acceptors (Lipinski definition) is 4. The summed E-state index contributed by atoms with van der Waals surface area (Å²) in [5, 5.41) is 6.92. The molecule has 0 bridgehead atoms. The third-order valence-corrected chi connectivity index (χ3v) is 5.09. The van der Waals surface area contributed by atoms with Crippen LogP contribution >= 0.6 is 0 Å². The molecule has 1 aliphatic heterocycles. The summed E-state index contributed by atoms with van der Waals surface area (Å²) in [4.78, 5) is 9.20. The molecule has 0 saturated carbocycles. The number of hydrogen-bond donors (Lipinski definition) is 2. The van der Waals surface area contributed by atoms with Crippen molar-refractivity contribution in [1.82, 2.24) is 20.4 Å². The van der Waals surface area contributed by atoms with Crippen molar-refractivity contribution < 1.29 is 4.74 Å². The van der Waals surface area contributed by atoms with Crippen molar-refractivity contribution in [3.8, 4) is 5.75 Å². The number of benzene rings is 1. The zero-order valence-corrected chi connectivity index (χ0v) is 16.8. The van der Waals surface area contributed by atoms with Crippen LogP contribution in [0.5, 0.6) is 5.75 Å². The summed E-state index contributed by atoms with van der Waals surface area (Å²) >= 11 is 0. The number of nitrogens with one attached hydrogen (secondary N) is 2. The molecule has 1 heterocycles. The Hall–Kier alpha value is -1.79. The Morgan fingerprint density at radius 3 is 2.65 bits per heavy atom. The first-order chi connectivity index (χ1) is 12.7. The number of rotatable bonds is 9. The SMILES string of the molecule is CCN(C)CCNC(=NC)NCC(c1ccccc1OC)N1CCCC1. The summed E-state index contributed by atoms with van der Waals surface area (Å²) in [6.45, 7) is 8.19. The van der Waals surface area contributed by atoms with E-state index in [1.165, 1.54) is 18.4 Å². The van der Waals surface area contributed by atoms with Gasteiger partial charge in [0.25, 0.3) is 0 Å². The first-order valence-electron chi connectivity index (χ1n) is 9.69. The number of likely N-dealkylation sites (tertiary alicyclic amines) is 1. The van der Waals surface area contributed by atoms with Crippen LogP contribution in [0.15, 0.2) is 29.3 Å². The molecule has 0 aromatic heterocycles. The standard InChI is InChI=1S/C20H35N5O/c1-5-24(3)15-12-22-20(21-2)23-16-18(25-13-8-9-14-25)17-10-6-7-11-19(17)26-4/h6-7,10-11,18H,5,8-9,12-16H2,1-4H3,(H2,21,22,23). The van der Waals surface area contributed by atoms with Crippen LogP contribution in [-0.2, 0) is 0 Å². The zero-order chi connectivity index (χ0) is 18.8. The van der Waals surface area contributed by atoms with Gasteiger partial charge in [-0.05, 0) is 45.6 Å². The number of guanidine groups is 1. The molecule has 1 aromatic carbocycles. The minimum atomic E-state index is 0.283. The maximum Gasteiger partial charge on any atom is 0.191 e. The summed E-state index contributed by atoms with van der Waals surface area (Å²) < 4.78 is 5.62. The molecule has 0 amide bonds. The number of methoxy groups -OCH3 is 1. The Bertz CT molecular complexity index is 557. The first-order valence-corrected chi connectivity index (χ1v) is 9.69. The molecule has 1 unspecified atom stereocenters. The minimum Gasteiger partial charge on any atom is -0.496 e. The van der Waals surface area contributed by atoms with Crippen LogP contribution in [0.4, 0.5) is 0 Å². The largest absolute Gasteiger partial charge is 0.496 e. The molecular weight excluding hydrogens is 326 g/mol. The monoisotopic (exact) mass is 361 g/mol. The van der Waals surface area contributed by atoms with E-state index >= 15 is 0 Å². The highest BCUT2D eigenvalue weighted by Gasteiger charge is 2.25. The first kappa shape index (κ1) is 20.5. The van der Waals surface area contributed by atoms with Crippen molar-refractivity contribution in [2.75, 3.05) is 60.5 Å². The zero-order valence-electron chi connectivity index (χ0n) is 16.8. The Morgan fingerprint density at radius 2 is 2.00 bits per heavy atom. The highest BCUT2D eigenvalue weighted by Crippen LogP contribution is 2.31. The van der Waals surface area contributed by atoms with Crippen molar-refractivity contribution in [1.29, 1.82) is 0 Å². The van der Waals surface area contributed by atoms with Gasteiger partial charge in [0.05, 0.1) is 13.2 Å². The second-order valence-corrected chi connectivity index (χ2v) is 6.78. The molecule has 0 aliphatic carbocycles. The molecule has 1 saturated heterocycles. The molecule has 1 aromatic rings. The van der Waals surface area contributed by atoms with Gasteiger partial charge in [0.2, 0.25) is 0 Å². The van der Waals surface area contributed by atoms with E-state index in [-0.39, 0.29) is 6.04 Å². The van der Waals surface area contributed by atoms with Gasteiger partial charge < -0.3 is 20.3 Å². The van der Waals surface area contributed by atoms with Gasteiger partial charge in [-0.1, -0.05) is 25.1 Å². The normalized spacial score (nSPS) is 16.7. The van der Waals surface area contributed by atoms with Crippen LogP contribution < -0.4 is 15.4 Å². The van der Waals surface area contributed by atoms with E-state index in [1.807, 2.05) is 19.2 Å². The fourth-order valence-electron chi connectivity index (χ4n) is 3.37. The molecule has 1 fully saturated rings. The molecule has 0 spiro atoms. The average molecular weight is 362 g/mol. The van der Waals surface area contributed by atoms with Gasteiger partial charge in [0.1, 0.15) is 5.75 Å². The van der Waals surface area contributed by atoms with E-state index in [0.717, 1.165) is 51.0 Å². The highest BCUT2D eigenvalue weighted by molar-refractivity contribution is 5.79. The Labute approximate surface area is 158 Å². The molecule has 146 valence electrons. The second kappa shape index (κ2) is 11.0. The van der Waals surface area contributed by atoms with Crippen LogP contribution in [0.3, 0.4) is 0 Å². The number of likely N-dealkylation sites (N-methyl/N-ethyl adjacent to an activating group) is 1. The molecule has 6 nitrogen and oxygen atoms in total. The molecule has 26 heavy (non-hydrogen) atoms. The van der Waals surface area contributed by atoms with Gasteiger partial charge >= 0.3 is 0 Å². The topological polar surface area (TPSA) is 52.1 Å². The second-order valence-electron chi connectivity index (χ2n) is 6.78. The van der Waals surface area contributed by atoms with Crippen molar-refractivity contribution in [2.45, 2.75) is 25.8 Å². The van der Waals surface area contributed by atoms with Crippen molar-refractivity contribution >= 4 is 5.96 Å². The number of aliphatic imine (C=N–C) groups is 1. The molecule has 2 N–H and O–H groups in total. The van der Waals surface area contributed by atoms with E-state index in [0.29, 0.717) is 0 Å². The van der Waals surface area contributed by atoms with E-state index in [4.69, 9.17) is 4.74 Å². The van der Waals surface area contributed by atoms with E-state index in [2.05, 4.69) is 51.5 Å². The fourth-order valence-corrected chi connectivity index (χ4v) is 3.37. The summed E-state index contributed by atoms with van der Waals surface area (Å²) in [5.41, 5.74) is 1.24. The summed E-state index contributed by atoms with van der Waals surface area (Å²) in [6, 6.07) is 8.63. The van der Waals surface area contributed by atoms with E-state index < -0.39 is 0 Å². The van der Waals surface area contributed by atoms with Gasteiger partial charge in [-0.15, -0.1) is 0 Å². The minimum absolute atomic E-state index is 0.283. The lowest BCUT2D eigenvalue weighted by Gasteiger charge is -2.30. The van der Waals surface area contributed by atoms with E-state index in [1.54, 1.807) is 7.11 Å². The van der Waals surface area contributed by atoms with Crippen molar-refractivity contribution in [3.05, 3.63) is 29.8 Å². The molecular formula is C20H35N5O. The maximum atomic E-state index is 5.62. The van der Waals surface area contributed by atoms with Crippen LogP contribution in [0, 0.1) is 0 Å². The molecule has 6 heteroatoms. The van der Waals surface area contributed by atoms with Crippen LogP contribution in [-0.4, -0.2) is 76.2 Å². The van der Waals surface area contributed by atoms with E-state index in [9.17, 15) is 0 Å². The smallest absolute Gasteiger partial charge is 0.191 e. The van der Waals surface area contributed by atoms with Gasteiger partial charge in [-0.3, -0.25) is 9.89 Å². The Balaban J connectivity index is 2.00. The van der Waals surface area contributed by atoms with Gasteiger partial charge in [0, 0.05) is 32.2 Å². The fraction of sp³-hybridized carbons (Fsp3) is 0.650. The summed E-state index contributed by atoms with van der Waals surface area (Å²) in [5.74, 6) is 1.81. The number of ether oxygens (including phenoxy) is 1. The molecule has 2 rings (SSSR count). The van der Waals surface area contributed by atoms with Gasteiger partial charge in [-0.25, -0.2) is 0 Å². The Kier molecular flexibility index (Phi) is 8.71.